The fourth-order valence-electron chi connectivity index (χ4n) is 14.1. The van der Waals surface area contributed by atoms with E-state index in [1.54, 1.807) is 0 Å². The van der Waals surface area contributed by atoms with Gasteiger partial charge < -0.3 is 9.32 Å². The number of nitrogens with zero attached hydrogens (tertiary/aromatic N) is 1. The topological polar surface area (TPSA) is 16.4 Å². The summed E-state index contributed by atoms with van der Waals surface area (Å²) < 4.78 is 6.73. The van der Waals surface area contributed by atoms with E-state index in [9.17, 15) is 0 Å². The third kappa shape index (κ3) is 9.72. The van der Waals surface area contributed by atoms with Crippen LogP contribution >= 0.6 is 0 Å². The van der Waals surface area contributed by atoms with Gasteiger partial charge in [0.1, 0.15) is 11.2 Å². The van der Waals surface area contributed by atoms with E-state index in [1.807, 2.05) is 0 Å². The smallest absolute Gasteiger partial charge is 0.242 e. The van der Waals surface area contributed by atoms with E-state index >= 15 is 0 Å². The minimum Gasteiger partial charge on any atom is -0.455 e. The number of furan rings is 1. The normalized spacial score (nSPS) is 15.0. The Bertz CT molecular complexity index is 4300. The largest absolute Gasteiger partial charge is 0.455 e. The predicted molar refractivity (Wildman–Crippen MR) is 360 cm³/mol. The summed E-state index contributed by atoms with van der Waals surface area (Å²) >= 11 is 0. The maximum Gasteiger partial charge on any atom is 0.242 e. The summed E-state index contributed by atoms with van der Waals surface area (Å²) in [6, 6.07) is 79.2. The summed E-state index contributed by atoms with van der Waals surface area (Å²) in [7, 11) is 0. The van der Waals surface area contributed by atoms with E-state index < -0.39 is 0 Å². The summed E-state index contributed by atoms with van der Waals surface area (Å²) in [5.74, 6) is 0.0792. The zero-order chi connectivity index (χ0) is 58.8. The predicted octanol–water partition coefficient (Wildman–Crippen LogP) is 19.9. The van der Waals surface area contributed by atoms with Crippen LogP contribution in [0.15, 0.2) is 211 Å². The molecule has 1 aromatic heterocycles. The number of rotatable bonds is 8. The number of para-hydroxylation sites is 2. The summed E-state index contributed by atoms with van der Waals surface area (Å²) in [4.78, 5) is 2.50. The van der Waals surface area contributed by atoms with Crippen LogP contribution in [0.4, 0.5) is 17.1 Å². The van der Waals surface area contributed by atoms with Crippen molar-refractivity contribution in [2.45, 2.75) is 137 Å². The Labute approximate surface area is 500 Å². The molecule has 0 spiro atoms. The Balaban J connectivity index is 1.08. The first kappa shape index (κ1) is 55.1. The van der Waals surface area contributed by atoms with Crippen molar-refractivity contribution in [2.75, 3.05) is 4.90 Å². The summed E-state index contributed by atoms with van der Waals surface area (Å²) in [6.07, 6.45) is 0.918. The zero-order valence-electron chi connectivity index (χ0n) is 51.9. The van der Waals surface area contributed by atoms with Gasteiger partial charge in [-0.3, -0.25) is 0 Å². The minimum absolute atomic E-state index is 0.0146. The van der Waals surface area contributed by atoms with E-state index in [1.165, 1.54) is 99.8 Å². The first-order chi connectivity index (χ1) is 40.0. The van der Waals surface area contributed by atoms with Crippen molar-refractivity contribution < 1.29 is 4.42 Å². The molecule has 2 aliphatic rings. The maximum absolute atomic E-state index is 6.73. The Kier molecular flexibility index (Phi) is 13.3. The Morgan fingerprint density at radius 3 is 1.60 bits per heavy atom. The molecule has 0 saturated carbocycles. The van der Waals surface area contributed by atoms with Crippen LogP contribution in [-0.2, 0) is 28.1 Å². The molecule has 10 aromatic carbocycles. The van der Waals surface area contributed by atoms with Crippen LogP contribution in [0.3, 0.4) is 0 Å². The second-order valence-corrected chi connectivity index (χ2v) is 28.6. The molecule has 2 atom stereocenters. The lowest BCUT2D eigenvalue weighted by Gasteiger charge is -2.43. The van der Waals surface area contributed by atoms with E-state index in [0.717, 1.165) is 51.0 Å². The molecule has 2 unspecified atom stereocenters. The molecular formula is C81H80BNO. The van der Waals surface area contributed by atoms with Gasteiger partial charge in [0.05, 0.1) is 0 Å². The fraction of sp³-hybridized carbons (Fsp3) is 0.259. The van der Waals surface area contributed by atoms with Gasteiger partial charge in [0.25, 0.3) is 0 Å². The van der Waals surface area contributed by atoms with Crippen LogP contribution in [0, 0.1) is 13.8 Å². The van der Waals surface area contributed by atoms with Gasteiger partial charge in [0.15, 0.2) is 0 Å². The molecule has 0 radical (unpaired) electrons. The molecule has 3 heterocycles. The van der Waals surface area contributed by atoms with E-state index in [0.29, 0.717) is 0 Å². The van der Waals surface area contributed by atoms with Gasteiger partial charge in [0, 0.05) is 45.2 Å². The highest BCUT2D eigenvalue weighted by atomic mass is 16.3. The maximum atomic E-state index is 6.73. The third-order valence-corrected chi connectivity index (χ3v) is 18.8. The number of fused-ring (bicyclic) bond motifs is 7. The Hall–Kier alpha value is -8.14. The number of anilines is 3. The highest BCUT2D eigenvalue weighted by Crippen LogP contribution is 2.48. The van der Waals surface area contributed by atoms with Gasteiger partial charge in [-0.25, -0.2) is 0 Å². The van der Waals surface area contributed by atoms with Crippen LogP contribution in [0.2, 0.25) is 0 Å². The van der Waals surface area contributed by atoms with Crippen molar-refractivity contribution in [3.8, 4) is 22.3 Å². The second kappa shape index (κ2) is 20.3. The van der Waals surface area contributed by atoms with Gasteiger partial charge in [-0.15, -0.1) is 0 Å². The molecule has 0 saturated heterocycles. The van der Waals surface area contributed by atoms with Crippen molar-refractivity contribution in [2.24, 2.45) is 0 Å². The van der Waals surface area contributed by atoms with Crippen LogP contribution < -0.4 is 21.3 Å². The molecule has 13 rings (SSSR count). The molecule has 0 bridgehead atoms. The van der Waals surface area contributed by atoms with Gasteiger partial charge in [0.2, 0.25) is 6.71 Å². The average molecular weight is 1090 g/mol. The molecular weight excluding hydrogens is 1010 g/mol. The summed E-state index contributed by atoms with van der Waals surface area (Å²) in [5.41, 5.74) is 30.7. The SMILES string of the molecule is Cc1cc(-c2cccc3c2oc2ccccc23)cc(C)c1C1c2cc(N(c3ccc(-c4ccccc4)cc3)c3ccc(C(C)(C)C)cc3)ccc2B2c3cc(C(C)(C)C)ccc3C(Cc3ccc(C(C)(C)C)cc3)c3cc(C(C)(C)C)cc1c32. The summed E-state index contributed by atoms with van der Waals surface area (Å²) in [5, 5.41) is 2.30. The molecule has 0 aliphatic carbocycles. The molecule has 0 N–H and O–H groups in total. The Morgan fingerprint density at radius 2 is 0.952 bits per heavy atom. The van der Waals surface area contributed by atoms with Crippen LogP contribution in [0.25, 0.3) is 44.2 Å². The molecule has 2 nitrogen and oxygen atoms in total. The first-order valence-corrected chi connectivity index (χ1v) is 30.6. The highest BCUT2D eigenvalue weighted by Gasteiger charge is 2.46. The molecule has 2 aliphatic heterocycles. The van der Waals surface area contributed by atoms with E-state index in [2.05, 4.69) is 308 Å². The third-order valence-electron chi connectivity index (χ3n) is 18.8. The Morgan fingerprint density at radius 1 is 0.405 bits per heavy atom. The van der Waals surface area contributed by atoms with Gasteiger partial charge >= 0.3 is 0 Å². The lowest BCUT2D eigenvalue weighted by atomic mass is 9.28. The van der Waals surface area contributed by atoms with Crippen LogP contribution in [0.1, 0.15) is 162 Å². The number of aryl methyl sites for hydroxylation is 2. The lowest BCUT2D eigenvalue weighted by Crippen LogP contribution is -2.63. The van der Waals surface area contributed by atoms with Crippen molar-refractivity contribution in [3.05, 3.63) is 273 Å². The quantitative estimate of drug-likeness (QED) is 0.141. The number of benzene rings is 10. The lowest BCUT2D eigenvalue weighted by molar-refractivity contribution is 0.586. The number of hydrogen-bond donors (Lipinski definition) is 0. The van der Waals surface area contributed by atoms with E-state index in [4.69, 9.17) is 4.42 Å². The fourth-order valence-corrected chi connectivity index (χ4v) is 14.1. The van der Waals surface area contributed by atoms with Crippen molar-refractivity contribution in [1.82, 2.24) is 0 Å². The second-order valence-electron chi connectivity index (χ2n) is 28.6. The van der Waals surface area contributed by atoms with Crippen LogP contribution in [0.5, 0.6) is 0 Å². The van der Waals surface area contributed by atoms with Crippen molar-refractivity contribution in [3.63, 3.8) is 0 Å². The van der Waals surface area contributed by atoms with Crippen LogP contribution in [-0.4, -0.2) is 6.71 Å². The monoisotopic (exact) mass is 1090 g/mol. The van der Waals surface area contributed by atoms with Crippen molar-refractivity contribution in [1.29, 1.82) is 0 Å². The van der Waals surface area contributed by atoms with Gasteiger partial charge in [-0.05, 0) is 168 Å². The van der Waals surface area contributed by atoms with Crippen molar-refractivity contribution >= 4 is 62.1 Å². The molecule has 84 heavy (non-hydrogen) atoms. The standard InChI is InChI=1S/C81H80BNO/c1-50-43-55(63-24-20-25-66-65-23-18-19-26-73(65)84-77(63)66)44-51(2)74(50)75-69-49-62(83(61-38-33-57(34-39-61)79(6,7)8)60-36-29-54(30-37-60)53-21-16-15-17-22-53)40-42-71(69)82-72-48-58(80(9,10)11)35-41-64(72)67(45-52-27-31-56(32-28-52)78(3,4)5)68-46-59(81(12,13)14)47-70(75)76(68)82/h15-44,46-49,67,75H,45H2,1-14H3. The van der Waals surface area contributed by atoms with Gasteiger partial charge in [-0.1, -0.05) is 263 Å². The average Bonchev–Trinajstić information content (AvgIpc) is 0.898. The molecule has 0 fully saturated rings. The highest BCUT2D eigenvalue weighted by molar-refractivity contribution is 6.97. The minimum atomic E-state index is -0.121. The van der Waals surface area contributed by atoms with E-state index in [-0.39, 0.29) is 40.2 Å². The van der Waals surface area contributed by atoms with Gasteiger partial charge in [-0.2, -0.15) is 0 Å². The molecule has 11 aromatic rings. The molecule has 418 valence electrons. The first-order valence-electron chi connectivity index (χ1n) is 30.6. The molecule has 3 heteroatoms. The zero-order valence-corrected chi connectivity index (χ0v) is 51.9. The summed E-state index contributed by atoms with van der Waals surface area (Å²) in [6.45, 7) is 33.0. The molecule has 0 amide bonds. The number of hydrogen-bond acceptors (Lipinski definition) is 2.